The first kappa shape index (κ1) is 18.8. The Morgan fingerprint density at radius 2 is 1.75 bits per heavy atom. The summed E-state index contributed by atoms with van der Waals surface area (Å²) >= 11 is 3.36. The maximum absolute atomic E-state index is 12.2. The van der Waals surface area contributed by atoms with E-state index in [1.54, 1.807) is 6.07 Å². The molecule has 0 atom stereocenters. The average molecular weight is 404 g/mol. The van der Waals surface area contributed by atoms with Crippen LogP contribution in [0.3, 0.4) is 0 Å². The van der Waals surface area contributed by atoms with Crippen LogP contribution in [0.25, 0.3) is 11.3 Å². The summed E-state index contributed by atoms with van der Waals surface area (Å²) in [6.07, 6.45) is 2.66. The highest BCUT2D eigenvalue weighted by Gasteiger charge is 2.30. The molecule has 0 radical (unpaired) electrons. The predicted molar refractivity (Wildman–Crippen MR) is 93.8 cm³/mol. The van der Waals surface area contributed by atoms with Crippen LogP contribution in [-0.4, -0.2) is 22.4 Å². The van der Waals surface area contributed by atoms with Crippen LogP contribution in [0, 0.1) is 0 Å². The van der Waals surface area contributed by atoms with Gasteiger partial charge in [-0.05, 0) is 25.0 Å². The number of nitrogen functional groups attached to an aromatic ring is 1. The molecule has 2 N–H and O–H groups in total. The minimum atomic E-state index is -2.32. The molecule has 0 spiro atoms. The molecular weight excluding hydrogens is 383 g/mol. The van der Waals surface area contributed by atoms with Gasteiger partial charge in [-0.2, -0.15) is 5.10 Å². The van der Waals surface area contributed by atoms with E-state index in [4.69, 9.17) is 5.73 Å². The smallest absolute Gasteiger partial charge is 0.248 e. The number of halogens is 4. The van der Waals surface area contributed by atoms with E-state index >= 15 is 0 Å². The number of hydrogen-bond donors (Lipinski definition) is 1. The first-order valence-corrected chi connectivity index (χ1v) is 8.74. The van der Waals surface area contributed by atoms with E-state index in [1.165, 1.54) is 4.68 Å². The molecule has 0 amide bonds. The van der Waals surface area contributed by atoms with Gasteiger partial charge < -0.3 is 5.73 Å². The lowest BCUT2D eigenvalue weighted by molar-refractivity contribution is -0.0337. The van der Waals surface area contributed by atoms with Gasteiger partial charge in [0.15, 0.2) is 0 Å². The lowest BCUT2D eigenvalue weighted by Crippen LogP contribution is -2.18. The van der Waals surface area contributed by atoms with Crippen molar-refractivity contribution in [2.45, 2.75) is 44.6 Å². The summed E-state index contributed by atoms with van der Waals surface area (Å²) in [6, 6.07) is 9.48. The highest BCUT2D eigenvalue weighted by molar-refractivity contribution is 9.10. The summed E-state index contributed by atoms with van der Waals surface area (Å²) in [5.74, 6) is -1.84. The Morgan fingerprint density at radius 1 is 1.12 bits per heavy atom. The zero-order valence-electron chi connectivity index (χ0n) is 13.3. The topological polar surface area (TPSA) is 43.8 Å². The van der Waals surface area contributed by atoms with E-state index in [-0.39, 0.29) is 19.4 Å². The highest BCUT2D eigenvalue weighted by atomic mass is 79.9. The largest absolute Gasteiger partial charge is 0.384 e. The van der Waals surface area contributed by atoms with Crippen molar-refractivity contribution in [3.05, 3.63) is 34.8 Å². The fraction of sp³-hybridized carbons (Fsp3) is 0.471. The molecule has 3 rings (SSSR count). The first-order chi connectivity index (χ1) is 11.4. The fourth-order valence-electron chi connectivity index (χ4n) is 2.52. The summed E-state index contributed by atoms with van der Waals surface area (Å²) in [6.45, 7) is -0.270. The van der Waals surface area contributed by atoms with Gasteiger partial charge in [0.1, 0.15) is 12.5 Å². The first-order valence-electron chi connectivity index (χ1n) is 7.94. The maximum Gasteiger partial charge on any atom is 0.248 e. The third-order valence-electron chi connectivity index (χ3n) is 3.83. The van der Waals surface area contributed by atoms with Gasteiger partial charge in [0.2, 0.25) is 5.92 Å². The van der Waals surface area contributed by atoms with E-state index in [1.807, 2.05) is 24.3 Å². The molecule has 0 aliphatic heterocycles. The summed E-state index contributed by atoms with van der Waals surface area (Å²) < 4.78 is 39.1. The molecule has 2 aromatic rings. The lowest BCUT2D eigenvalue weighted by Gasteiger charge is -2.20. The minimum absolute atomic E-state index is 0.118. The fourth-order valence-corrected chi connectivity index (χ4v) is 2.79. The molecule has 0 saturated heterocycles. The van der Waals surface area contributed by atoms with Gasteiger partial charge in [-0.3, -0.25) is 0 Å². The van der Waals surface area contributed by atoms with Crippen LogP contribution in [-0.2, 0) is 6.54 Å². The molecule has 7 heteroatoms. The molecule has 1 heterocycles. The zero-order chi connectivity index (χ0) is 17.6. The van der Waals surface area contributed by atoms with Gasteiger partial charge in [0.05, 0.1) is 12.2 Å². The van der Waals surface area contributed by atoms with Crippen molar-refractivity contribution in [3.63, 3.8) is 0 Å². The van der Waals surface area contributed by atoms with E-state index in [0.29, 0.717) is 18.7 Å². The van der Waals surface area contributed by atoms with E-state index in [2.05, 4.69) is 21.0 Å². The summed E-state index contributed by atoms with van der Waals surface area (Å²) in [5, 5.41) is 4.24. The molecule has 1 saturated carbocycles. The second-order valence-corrected chi connectivity index (χ2v) is 6.71. The molecule has 24 heavy (non-hydrogen) atoms. The van der Waals surface area contributed by atoms with Gasteiger partial charge in [-0.15, -0.1) is 0 Å². The molecular formula is C17H21BrF3N3. The van der Waals surface area contributed by atoms with Crippen LogP contribution >= 0.6 is 15.9 Å². The van der Waals surface area contributed by atoms with Gasteiger partial charge in [-0.1, -0.05) is 34.5 Å². The Hall–Kier alpha value is -1.50. The minimum Gasteiger partial charge on any atom is -0.384 e. The molecule has 1 aromatic heterocycles. The van der Waals surface area contributed by atoms with Crippen molar-refractivity contribution in [3.8, 4) is 11.3 Å². The maximum atomic E-state index is 12.2. The number of nitrogens with zero attached hydrogens (tertiary/aromatic N) is 2. The number of anilines is 1. The summed E-state index contributed by atoms with van der Waals surface area (Å²) in [7, 11) is 0. The van der Waals surface area contributed by atoms with Crippen LogP contribution < -0.4 is 5.73 Å². The third kappa shape index (κ3) is 5.54. The molecule has 132 valence electrons. The Balaban J connectivity index is 0.000000219. The van der Waals surface area contributed by atoms with Crippen molar-refractivity contribution in [2.24, 2.45) is 0 Å². The predicted octanol–water partition coefficient (Wildman–Crippen LogP) is 5.45. The lowest BCUT2D eigenvalue weighted by atomic mass is 9.97. The van der Waals surface area contributed by atoms with Crippen LogP contribution in [0.15, 0.2) is 34.8 Å². The molecule has 1 aliphatic rings. The van der Waals surface area contributed by atoms with Crippen LogP contribution in [0.2, 0.25) is 0 Å². The molecule has 0 unspecified atom stereocenters. The number of aryl methyl sites for hydroxylation is 1. The van der Waals surface area contributed by atoms with E-state index in [9.17, 15) is 13.2 Å². The van der Waals surface area contributed by atoms with Crippen molar-refractivity contribution in [1.82, 2.24) is 9.78 Å². The van der Waals surface area contributed by atoms with Gasteiger partial charge in [0, 0.05) is 28.9 Å². The molecule has 1 aromatic carbocycles. The van der Waals surface area contributed by atoms with Gasteiger partial charge in [0.25, 0.3) is 0 Å². The van der Waals surface area contributed by atoms with E-state index in [0.717, 1.165) is 22.2 Å². The SMILES string of the molecule is FC1(F)CCCCC1.Nc1cc(-c2ccc(Br)cc2)nn1CCF. The van der Waals surface area contributed by atoms with Crippen LogP contribution in [0.4, 0.5) is 19.0 Å². The normalized spacial score (nSPS) is 16.3. The summed E-state index contributed by atoms with van der Waals surface area (Å²) in [5.41, 5.74) is 7.45. The van der Waals surface area contributed by atoms with Crippen LogP contribution in [0.5, 0.6) is 0 Å². The Morgan fingerprint density at radius 3 is 2.25 bits per heavy atom. The standard InChI is InChI=1S/C11H11BrFN3.C6H10F2/c12-9-3-1-8(2-4-9)10-7-11(14)16(15-10)6-5-13;7-6(8)4-2-1-3-5-6/h1-4,7H,5-6,14H2;1-5H2. The Labute approximate surface area is 148 Å². The highest BCUT2D eigenvalue weighted by Crippen LogP contribution is 2.32. The van der Waals surface area contributed by atoms with E-state index < -0.39 is 12.6 Å². The van der Waals surface area contributed by atoms with Crippen LogP contribution in [0.1, 0.15) is 32.1 Å². The molecule has 1 aliphatic carbocycles. The summed E-state index contributed by atoms with van der Waals surface area (Å²) in [4.78, 5) is 0. The second kappa shape index (κ2) is 8.55. The van der Waals surface area contributed by atoms with Crippen molar-refractivity contribution < 1.29 is 13.2 Å². The molecule has 1 fully saturated rings. The van der Waals surface area contributed by atoms with Gasteiger partial charge in [-0.25, -0.2) is 17.9 Å². The van der Waals surface area contributed by atoms with Crippen molar-refractivity contribution in [2.75, 3.05) is 12.4 Å². The number of hydrogen-bond acceptors (Lipinski definition) is 2. The molecule has 3 nitrogen and oxygen atoms in total. The average Bonchev–Trinajstić information content (AvgIpc) is 2.90. The zero-order valence-corrected chi connectivity index (χ0v) is 14.9. The number of nitrogens with two attached hydrogens (primary N) is 1. The molecule has 0 bridgehead atoms. The Bertz CT molecular complexity index is 633. The monoisotopic (exact) mass is 403 g/mol. The number of alkyl halides is 3. The quantitative estimate of drug-likeness (QED) is 0.740. The number of rotatable bonds is 3. The second-order valence-electron chi connectivity index (χ2n) is 5.79. The number of aromatic nitrogens is 2. The van der Waals surface area contributed by atoms with Crippen molar-refractivity contribution >= 4 is 21.7 Å². The van der Waals surface area contributed by atoms with Crippen molar-refractivity contribution in [1.29, 1.82) is 0 Å². The van der Waals surface area contributed by atoms with Gasteiger partial charge >= 0.3 is 0 Å². The Kier molecular flexibility index (Phi) is 6.71. The number of benzene rings is 1. The third-order valence-corrected chi connectivity index (χ3v) is 4.36.